The van der Waals surface area contributed by atoms with Crippen molar-refractivity contribution in [1.82, 2.24) is 39.8 Å². The molecular weight excluding hydrogens is 1140 g/mol. The number of anilines is 1. The molecule has 0 saturated carbocycles. The zero-order chi connectivity index (χ0) is 61.2. The van der Waals surface area contributed by atoms with Crippen molar-refractivity contribution < 1.29 is 36.6 Å². The zero-order valence-electron chi connectivity index (χ0n) is 51.2. The molecule has 0 spiro atoms. The van der Waals surface area contributed by atoms with Crippen molar-refractivity contribution in [3.8, 4) is 56.4 Å². The summed E-state index contributed by atoms with van der Waals surface area (Å²) < 4.78 is 59.6. The maximum atomic E-state index is 15.3. The predicted octanol–water partition coefficient (Wildman–Crippen LogP) is 12.8. The number of furan rings is 2. The fourth-order valence-corrected chi connectivity index (χ4v) is 12.0. The second-order valence-corrected chi connectivity index (χ2v) is 24.2. The molecule has 16 nitrogen and oxygen atoms in total. The number of ether oxygens (including phenoxy) is 3. The molecule has 4 N–H and O–H groups in total. The summed E-state index contributed by atoms with van der Waals surface area (Å²) in [5.41, 5.74) is 11.9. The van der Waals surface area contributed by atoms with Crippen molar-refractivity contribution in [3.05, 3.63) is 138 Å². The normalized spacial score (nSPS) is 16.4. The van der Waals surface area contributed by atoms with Crippen LogP contribution >= 0.6 is 11.6 Å². The number of piperidine rings is 2. The van der Waals surface area contributed by atoms with Gasteiger partial charge in [-0.2, -0.15) is 0 Å². The molecule has 4 aromatic heterocycles. The summed E-state index contributed by atoms with van der Waals surface area (Å²) in [6.45, 7) is 23.4. The molecule has 88 heavy (non-hydrogen) atoms. The van der Waals surface area contributed by atoms with Crippen molar-refractivity contribution in [1.29, 1.82) is 0 Å². The Kier molecular flexibility index (Phi) is 22.7. The minimum absolute atomic E-state index is 0.208. The highest BCUT2D eigenvalue weighted by Crippen LogP contribution is 2.45. The van der Waals surface area contributed by atoms with Gasteiger partial charge in [0.2, 0.25) is 11.4 Å². The van der Waals surface area contributed by atoms with E-state index in [1.54, 1.807) is 35.5 Å². The lowest BCUT2D eigenvalue weighted by molar-refractivity contribution is 0.0148. The van der Waals surface area contributed by atoms with Gasteiger partial charge in [0.1, 0.15) is 30.3 Å². The number of nitrogens with two attached hydrogens (primary N) is 1. The first-order valence-electron chi connectivity index (χ1n) is 31.4. The number of hydrogen-bond donors (Lipinski definition) is 3. The van der Waals surface area contributed by atoms with E-state index in [0.29, 0.717) is 58.9 Å². The van der Waals surface area contributed by atoms with Gasteiger partial charge in [-0.25, -0.2) is 23.5 Å². The third-order valence-corrected chi connectivity index (χ3v) is 16.6. The van der Waals surface area contributed by atoms with Gasteiger partial charge in [0.15, 0.2) is 23.1 Å². The molecule has 4 aliphatic heterocycles. The third kappa shape index (κ3) is 17.2. The summed E-state index contributed by atoms with van der Waals surface area (Å²) >= 11 is 6.49. The highest BCUT2D eigenvalue weighted by atomic mass is 35.5. The fourth-order valence-electron chi connectivity index (χ4n) is 11.7. The van der Waals surface area contributed by atoms with E-state index in [0.717, 1.165) is 150 Å². The van der Waals surface area contributed by atoms with Crippen LogP contribution in [0.25, 0.3) is 67.1 Å². The van der Waals surface area contributed by atoms with Gasteiger partial charge in [-0.1, -0.05) is 85.1 Å². The lowest BCUT2D eigenvalue weighted by Gasteiger charge is -2.35. The van der Waals surface area contributed by atoms with Gasteiger partial charge in [-0.3, -0.25) is 19.6 Å². The van der Waals surface area contributed by atoms with E-state index in [1.165, 1.54) is 50.7 Å². The van der Waals surface area contributed by atoms with Gasteiger partial charge in [0, 0.05) is 132 Å². The Morgan fingerprint density at radius 1 is 0.591 bits per heavy atom. The maximum absolute atomic E-state index is 15.3. The number of likely N-dealkylation sites (tertiary alicyclic amines) is 2. The smallest absolute Gasteiger partial charge is 0.410 e. The SMILES string of the molecule is CC(C)(C)OC(=O)N1CCN(CCN)CC1.Fc1cc(-c2oc3nccc(Cl)c3c2-c2ccccc2)ccc1OCCN1CCCCC1.Fc1cc(-c2oc3nccc(NCCN4CCNCC4)c3c2-c2ccccc2)ccc1OCCN1CCCCC1. The van der Waals surface area contributed by atoms with Crippen molar-refractivity contribution in [2.75, 3.05) is 136 Å². The minimum Gasteiger partial charge on any atom is -0.489 e. The number of carbonyl (C=O) groups excluding carboxylic acids is 1. The summed E-state index contributed by atoms with van der Waals surface area (Å²) in [6.07, 6.45) is 10.7. The first-order chi connectivity index (χ1) is 42.9. The third-order valence-electron chi connectivity index (χ3n) is 16.3. The minimum atomic E-state index is -0.417. The monoisotopic (exact) mass is 1220 g/mol. The topological polar surface area (TPSA) is 163 Å². The molecule has 0 atom stereocenters. The lowest BCUT2D eigenvalue weighted by atomic mass is 9.98. The number of fused-ring (bicyclic) bond motifs is 2. The van der Waals surface area contributed by atoms with Crippen LogP contribution < -0.4 is 25.8 Å². The van der Waals surface area contributed by atoms with Crippen LogP contribution in [0, 0.1) is 11.6 Å². The van der Waals surface area contributed by atoms with E-state index < -0.39 is 17.2 Å². The highest BCUT2D eigenvalue weighted by Gasteiger charge is 2.27. The van der Waals surface area contributed by atoms with Crippen LogP contribution in [-0.4, -0.2) is 177 Å². The number of aromatic nitrogens is 2. The standard InChI is InChI=1S/C32H38FN5O2.C26H24ClFN2O2.C11H23N3O2/c33-26-23-25(9-10-28(26)39-22-21-37-16-5-2-6-17-37)31-29(24-7-3-1-4-8-24)30-27(11-12-36-32(30)40-31)35-15-20-38-18-13-34-14-19-38;27-20-11-12-29-26-24(20)23(18-7-3-1-4-8-18)25(32-26)19-9-10-22(21(28)17-19)31-16-15-30-13-5-2-6-14-30;1-11(2,3)16-10(15)14-8-6-13(5-4-12)7-9-14/h1,3-4,7-12,23,34H,2,5-6,13-22H2,(H,35,36);1,3-4,7-12,17H,2,5-6,13-16H2;4-9,12H2,1-3H3. The second kappa shape index (κ2) is 31.3. The van der Waals surface area contributed by atoms with Gasteiger partial charge in [-0.15, -0.1) is 0 Å². The molecule has 4 fully saturated rings. The molecule has 8 heterocycles. The van der Waals surface area contributed by atoms with Crippen molar-refractivity contribution in [3.63, 3.8) is 0 Å². The van der Waals surface area contributed by atoms with Crippen LogP contribution in [0.15, 0.2) is 130 Å². The number of halogens is 3. The summed E-state index contributed by atoms with van der Waals surface area (Å²) in [6, 6.07) is 33.7. The van der Waals surface area contributed by atoms with E-state index in [1.807, 2.05) is 87.5 Å². The molecule has 19 heteroatoms. The van der Waals surface area contributed by atoms with Gasteiger partial charge >= 0.3 is 6.09 Å². The molecule has 12 rings (SSSR count). The number of carbonyl (C=O) groups is 1. The molecular formula is C69H85ClF2N10O6. The van der Waals surface area contributed by atoms with E-state index in [4.69, 9.17) is 40.4 Å². The Balaban J connectivity index is 0.000000159. The van der Waals surface area contributed by atoms with Crippen LogP contribution in [0.1, 0.15) is 59.3 Å². The Bertz CT molecular complexity index is 3490. The van der Waals surface area contributed by atoms with Gasteiger partial charge < -0.3 is 44.3 Å². The van der Waals surface area contributed by atoms with Crippen molar-refractivity contribution >= 4 is 45.6 Å². The van der Waals surface area contributed by atoms with Crippen molar-refractivity contribution in [2.24, 2.45) is 5.73 Å². The molecule has 8 aromatic rings. The Morgan fingerprint density at radius 3 is 1.59 bits per heavy atom. The maximum Gasteiger partial charge on any atom is 0.410 e. The number of benzene rings is 4. The van der Waals surface area contributed by atoms with Gasteiger partial charge in [0.05, 0.1) is 15.8 Å². The van der Waals surface area contributed by atoms with Crippen LogP contribution in [0.4, 0.5) is 19.3 Å². The van der Waals surface area contributed by atoms with Gasteiger partial charge in [0.25, 0.3) is 0 Å². The van der Waals surface area contributed by atoms with Gasteiger partial charge in [-0.05, 0) is 132 Å². The summed E-state index contributed by atoms with van der Waals surface area (Å²) in [5.74, 6) is 0.845. The fraction of sp³-hybridized carbons (Fsp3) is 0.435. The number of hydrogen-bond acceptors (Lipinski definition) is 15. The molecule has 4 saturated heterocycles. The van der Waals surface area contributed by atoms with E-state index in [2.05, 4.69) is 52.3 Å². The zero-order valence-corrected chi connectivity index (χ0v) is 52.0. The number of rotatable bonds is 18. The first-order valence-corrected chi connectivity index (χ1v) is 31.7. The van der Waals surface area contributed by atoms with Crippen LogP contribution in [0.5, 0.6) is 11.5 Å². The number of nitrogens with zero attached hydrogens (tertiary/aromatic N) is 7. The van der Waals surface area contributed by atoms with Crippen LogP contribution in [0.2, 0.25) is 5.02 Å². The number of pyridine rings is 2. The number of nitrogens with one attached hydrogen (secondary N) is 2. The van der Waals surface area contributed by atoms with Crippen molar-refractivity contribution in [2.45, 2.75) is 64.9 Å². The average Bonchev–Trinajstić information content (AvgIpc) is 2.02. The van der Waals surface area contributed by atoms with E-state index in [9.17, 15) is 9.18 Å². The molecule has 4 aliphatic rings. The Morgan fingerprint density at radius 2 is 1.08 bits per heavy atom. The second-order valence-electron chi connectivity index (χ2n) is 23.8. The predicted molar refractivity (Wildman–Crippen MR) is 347 cm³/mol. The number of piperazine rings is 2. The number of amides is 1. The summed E-state index contributed by atoms with van der Waals surface area (Å²) in [5, 5.41) is 9.20. The summed E-state index contributed by atoms with van der Waals surface area (Å²) in [4.78, 5) is 31.9. The molecule has 0 bridgehead atoms. The molecule has 4 aromatic carbocycles. The average molecular weight is 1220 g/mol. The molecule has 0 unspecified atom stereocenters. The summed E-state index contributed by atoms with van der Waals surface area (Å²) in [7, 11) is 0. The Labute approximate surface area is 521 Å². The van der Waals surface area contributed by atoms with Crippen LogP contribution in [-0.2, 0) is 4.74 Å². The molecule has 468 valence electrons. The van der Waals surface area contributed by atoms with E-state index >= 15 is 4.39 Å². The Hall–Kier alpha value is -7.16. The lowest BCUT2D eigenvalue weighted by Crippen LogP contribution is -2.50. The molecule has 1 amide bonds. The van der Waals surface area contributed by atoms with Crippen LogP contribution in [0.3, 0.4) is 0 Å². The largest absolute Gasteiger partial charge is 0.489 e. The van der Waals surface area contributed by atoms with E-state index in [-0.39, 0.29) is 17.6 Å². The first kappa shape index (κ1) is 63.8. The highest BCUT2D eigenvalue weighted by molar-refractivity contribution is 6.36. The quantitative estimate of drug-likeness (QED) is 0.0743. The molecule has 0 radical (unpaired) electrons. The molecule has 0 aliphatic carbocycles.